The van der Waals surface area contributed by atoms with Gasteiger partial charge in [0, 0.05) is 0 Å². The van der Waals surface area contributed by atoms with Crippen molar-refractivity contribution >= 4 is 6.03 Å². The monoisotopic (exact) mass is 130 g/mol. The summed E-state index contributed by atoms with van der Waals surface area (Å²) in [6.07, 6.45) is 0. The van der Waals surface area contributed by atoms with Gasteiger partial charge in [0.05, 0.1) is 6.61 Å². The minimum atomic E-state index is -0.698. The molecule has 0 saturated carbocycles. The van der Waals surface area contributed by atoms with E-state index in [1.807, 2.05) is 5.48 Å². The summed E-state index contributed by atoms with van der Waals surface area (Å²) in [5.74, 6) is 0. The fourth-order valence-corrected chi connectivity index (χ4v) is 0.230. The molecule has 0 atom stereocenters. The number of carbonyl (C=O) groups excluding carboxylic acids is 1. The van der Waals surface area contributed by atoms with Crippen LogP contribution in [-0.2, 0) is 4.84 Å². The second kappa shape index (κ2) is 3.91. The first kappa shape index (κ1) is 7.97. The van der Waals surface area contributed by atoms with E-state index in [1.165, 1.54) is 0 Å². The summed E-state index contributed by atoms with van der Waals surface area (Å²) >= 11 is 0. The molecule has 2 amide bonds. The Morgan fingerprint density at radius 1 is 1.89 bits per heavy atom. The zero-order valence-electron chi connectivity index (χ0n) is 5.31. The van der Waals surface area contributed by atoms with Crippen LogP contribution in [-0.4, -0.2) is 12.6 Å². The van der Waals surface area contributed by atoms with Crippen molar-refractivity contribution in [1.82, 2.24) is 5.48 Å². The highest BCUT2D eigenvalue weighted by Gasteiger charge is 1.89. The van der Waals surface area contributed by atoms with Crippen molar-refractivity contribution in [3.63, 3.8) is 0 Å². The lowest BCUT2D eigenvalue weighted by Crippen LogP contribution is -2.29. The van der Waals surface area contributed by atoms with E-state index >= 15 is 0 Å². The predicted octanol–water partition coefficient (Wildman–Crippen LogP) is 0.162. The number of nitrogens with two attached hydrogens (primary N) is 1. The van der Waals surface area contributed by atoms with Crippen molar-refractivity contribution in [2.75, 3.05) is 6.61 Å². The van der Waals surface area contributed by atoms with Crippen LogP contribution in [0.15, 0.2) is 12.2 Å². The Morgan fingerprint density at radius 3 is 2.78 bits per heavy atom. The summed E-state index contributed by atoms with van der Waals surface area (Å²) in [7, 11) is 0. The van der Waals surface area contributed by atoms with Crippen molar-refractivity contribution in [2.45, 2.75) is 6.92 Å². The highest BCUT2D eigenvalue weighted by atomic mass is 16.7. The number of nitrogens with one attached hydrogen (secondary N) is 1. The third-order valence-electron chi connectivity index (χ3n) is 0.491. The Labute approximate surface area is 53.6 Å². The molecule has 0 heterocycles. The molecular formula is C5H10N2O2. The molecule has 0 bridgehead atoms. The van der Waals surface area contributed by atoms with Gasteiger partial charge in [-0.15, -0.1) is 0 Å². The summed E-state index contributed by atoms with van der Waals surface area (Å²) in [5.41, 5.74) is 7.45. The minimum absolute atomic E-state index is 0.295. The number of primary amides is 1. The molecule has 4 nitrogen and oxygen atoms in total. The molecule has 0 aromatic heterocycles. The van der Waals surface area contributed by atoms with Gasteiger partial charge in [-0.3, -0.25) is 4.84 Å². The molecule has 0 aromatic carbocycles. The predicted molar refractivity (Wildman–Crippen MR) is 33.5 cm³/mol. The van der Waals surface area contributed by atoms with E-state index in [4.69, 9.17) is 0 Å². The first-order valence-electron chi connectivity index (χ1n) is 2.44. The highest BCUT2D eigenvalue weighted by Crippen LogP contribution is 1.83. The summed E-state index contributed by atoms with van der Waals surface area (Å²) in [6.45, 7) is 5.61. The molecule has 0 spiro atoms. The van der Waals surface area contributed by atoms with Crippen LogP contribution in [0, 0.1) is 0 Å². The van der Waals surface area contributed by atoms with E-state index in [1.54, 1.807) is 6.92 Å². The van der Waals surface area contributed by atoms with Gasteiger partial charge in [0.1, 0.15) is 0 Å². The van der Waals surface area contributed by atoms with Crippen molar-refractivity contribution in [3.05, 3.63) is 12.2 Å². The maximum Gasteiger partial charge on any atom is 0.336 e. The SMILES string of the molecule is C=C(C)CONC(N)=O. The maximum absolute atomic E-state index is 9.94. The molecule has 0 aliphatic heterocycles. The van der Waals surface area contributed by atoms with Crippen LogP contribution >= 0.6 is 0 Å². The largest absolute Gasteiger partial charge is 0.350 e. The van der Waals surface area contributed by atoms with E-state index in [0.29, 0.717) is 6.61 Å². The molecule has 0 aliphatic carbocycles. The van der Waals surface area contributed by atoms with E-state index in [0.717, 1.165) is 5.57 Å². The number of amides is 2. The van der Waals surface area contributed by atoms with Gasteiger partial charge in [-0.2, -0.15) is 0 Å². The van der Waals surface area contributed by atoms with Crippen LogP contribution < -0.4 is 11.2 Å². The van der Waals surface area contributed by atoms with Crippen LogP contribution in [0.1, 0.15) is 6.92 Å². The average molecular weight is 130 g/mol. The topological polar surface area (TPSA) is 64.3 Å². The Balaban J connectivity index is 3.10. The first-order valence-corrected chi connectivity index (χ1v) is 2.44. The first-order chi connectivity index (χ1) is 4.13. The van der Waals surface area contributed by atoms with Gasteiger partial charge in [0.25, 0.3) is 0 Å². The molecule has 52 valence electrons. The van der Waals surface area contributed by atoms with E-state index in [-0.39, 0.29) is 0 Å². The summed E-state index contributed by atoms with van der Waals surface area (Å²) < 4.78 is 0. The molecule has 0 fully saturated rings. The van der Waals surface area contributed by atoms with Gasteiger partial charge in [0.2, 0.25) is 0 Å². The van der Waals surface area contributed by atoms with Crippen molar-refractivity contribution < 1.29 is 9.63 Å². The van der Waals surface area contributed by atoms with Crippen molar-refractivity contribution in [2.24, 2.45) is 5.73 Å². The molecule has 0 unspecified atom stereocenters. The molecule has 0 aromatic rings. The van der Waals surface area contributed by atoms with E-state index < -0.39 is 6.03 Å². The highest BCUT2D eigenvalue weighted by molar-refractivity contribution is 5.70. The normalized spacial score (nSPS) is 8.56. The van der Waals surface area contributed by atoms with Gasteiger partial charge in [-0.05, 0) is 6.92 Å². The van der Waals surface area contributed by atoms with Crippen LogP contribution in [0.25, 0.3) is 0 Å². The van der Waals surface area contributed by atoms with Crippen molar-refractivity contribution in [1.29, 1.82) is 0 Å². The average Bonchev–Trinajstić information content (AvgIpc) is 1.63. The van der Waals surface area contributed by atoms with Gasteiger partial charge in [0.15, 0.2) is 0 Å². The maximum atomic E-state index is 9.94. The molecule has 3 N–H and O–H groups in total. The molecule has 0 rings (SSSR count). The number of hydroxylamine groups is 1. The Kier molecular flexibility index (Phi) is 3.46. The Bertz CT molecular complexity index is 108. The van der Waals surface area contributed by atoms with Crippen LogP contribution in [0.3, 0.4) is 0 Å². The Hall–Kier alpha value is -1.03. The zero-order valence-corrected chi connectivity index (χ0v) is 5.31. The number of urea groups is 1. The molecule has 0 radical (unpaired) electrons. The van der Waals surface area contributed by atoms with Crippen molar-refractivity contribution in [3.8, 4) is 0 Å². The lowest BCUT2D eigenvalue weighted by atomic mass is 10.4. The molecular weight excluding hydrogens is 120 g/mol. The lowest BCUT2D eigenvalue weighted by Gasteiger charge is -2.00. The third-order valence-corrected chi connectivity index (χ3v) is 0.491. The van der Waals surface area contributed by atoms with Gasteiger partial charge < -0.3 is 5.73 Å². The Morgan fingerprint density at radius 2 is 2.44 bits per heavy atom. The fourth-order valence-electron chi connectivity index (χ4n) is 0.230. The van der Waals surface area contributed by atoms with Gasteiger partial charge >= 0.3 is 6.03 Å². The molecule has 4 heteroatoms. The lowest BCUT2D eigenvalue weighted by molar-refractivity contribution is 0.0810. The third kappa shape index (κ3) is 6.97. The number of rotatable bonds is 3. The second-order valence-corrected chi connectivity index (χ2v) is 1.71. The standard InChI is InChI=1S/C5H10N2O2/c1-4(2)3-9-7-5(6)8/h1,3H2,2H3,(H3,6,7,8). The van der Waals surface area contributed by atoms with Gasteiger partial charge in [-0.1, -0.05) is 12.2 Å². The van der Waals surface area contributed by atoms with E-state index in [9.17, 15) is 4.79 Å². The van der Waals surface area contributed by atoms with Crippen LogP contribution in [0.2, 0.25) is 0 Å². The number of hydrogen-bond donors (Lipinski definition) is 2. The second-order valence-electron chi connectivity index (χ2n) is 1.71. The molecule has 9 heavy (non-hydrogen) atoms. The van der Waals surface area contributed by atoms with Gasteiger partial charge in [-0.25, -0.2) is 10.3 Å². The fraction of sp³-hybridized carbons (Fsp3) is 0.400. The number of hydrogen-bond acceptors (Lipinski definition) is 2. The minimum Gasteiger partial charge on any atom is -0.350 e. The quantitative estimate of drug-likeness (QED) is 0.422. The zero-order chi connectivity index (χ0) is 7.28. The molecule has 0 saturated heterocycles. The molecule has 0 aliphatic rings. The summed E-state index contributed by atoms with van der Waals surface area (Å²) in [6, 6.07) is -0.698. The smallest absolute Gasteiger partial charge is 0.336 e. The van der Waals surface area contributed by atoms with Crippen LogP contribution in [0.4, 0.5) is 4.79 Å². The van der Waals surface area contributed by atoms with E-state index in [2.05, 4.69) is 17.2 Å². The summed E-state index contributed by atoms with van der Waals surface area (Å²) in [5, 5.41) is 0. The summed E-state index contributed by atoms with van der Waals surface area (Å²) in [4.78, 5) is 14.5. The van der Waals surface area contributed by atoms with Crippen LogP contribution in [0.5, 0.6) is 0 Å². The number of carbonyl (C=O) groups is 1.